The molecule has 1 unspecified atom stereocenters. The molecule has 2 rings (SSSR count). The Bertz CT molecular complexity index is 498. The maximum Gasteiger partial charge on any atom is 0.154 e. The molecule has 90 valence electrons. The van der Waals surface area contributed by atoms with E-state index in [4.69, 9.17) is 10.3 Å². The number of nitrogens with zero attached hydrogens (tertiary/aromatic N) is 2. The summed E-state index contributed by atoms with van der Waals surface area (Å²) in [4.78, 5) is 4.09. The van der Waals surface area contributed by atoms with Crippen molar-refractivity contribution in [1.29, 1.82) is 0 Å². The van der Waals surface area contributed by atoms with Crippen LogP contribution in [0.15, 0.2) is 33.5 Å². The van der Waals surface area contributed by atoms with Gasteiger partial charge < -0.3 is 10.3 Å². The van der Waals surface area contributed by atoms with Crippen LogP contribution in [0.2, 0.25) is 0 Å². The molecule has 1 atom stereocenters. The van der Waals surface area contributed by atoms with Gasteiger partial charge in [-0.3, -0.25) is 4.98 Å². The van der Waals surface area contributed by atoms with Gasteiger partial charge in [0.05, 0.1) is 6.04 Å². The Labute approximate surface area is 108 Å². The Balaban J connectivity index is 2.23. The monoisotopic (exact) mass is 295 g/mol. The van der Waals surface area contributed by atoms with E-state index in [2.05, 4.69) is 33.0 Å². The number of pyridine rings is 1. The van der Waals surface area contributed by atoms with E-state index in [-0.39, 0.29) is 6.04 Å². The molecule has 0 amide bonds. The molecule has 2 aromatic heterocycles. The maximum absolute atomic E-state index is 5.97. The molecule has 17 heavy (non-hydrogen) atoms. The van der Waals surface area contributed by atoms with Crippen molar-refractivity contribution in [2.24, 2.45) is 5.73 Å². The van der Waals surface area contributed by atoms with Gasteiger partial charge in [-0.05, 0) is 28.4 Å². The van der Waals surface area contributed by atoms with Gasteiger partial charge in [-0.2, -0.15) is 0 Å². The Hall–Kier alpha value is -1.20. The van der Waals surface area contributed by atoms with Crippen molar-refractivity contribution >= 4 is 15.9 Å². The molecular formula is C12H14BrN3O. The molecule has 0 aliphatic heterocycles. The molecule has 0 spiro atoms. The van der Waals surface area contributed by atoms with E-state index in [1.807, 2.05) is 12.1 Å². The van der Waals surface area contributed by atoms with Crippen LogP contribution in [0.1, 0.15) is 31.6 Å². The van der Waals surface area contributed by atoms with Crippen molar-refractivity contribution < 1.29 is 4.52 Å². The van der Waals surface area contributed by atoms with E-state index in [1.165, 1.54) is 0 Å². The van der Waals surface area contributed by atoms with E-state index >= 15 is 0 Å². The molecule has 0 fully saturated rings. The van der Waals surface area contributed by atoms with Crippen LogP contribution in [0.5, 0.6) is 0 Å². The van der Waals surface area contributed by atoms with Gasteiger partial charge in [-0.15, -0.1) is 0 Å². The summed E-state index contributed by atoms with van der Waals surface area (Å²) in [5.74, 6) is 0.724. The summed E-state index contributed by atoms with van der Waals surface area (Å²) in [6.07, 6.45) is 5.39. The van der Waals surface area contributed by atoms with Crippen LogP contribution >= 0.6 is 15.9 Å². The van der Waals surface area contributed by atoms with Gasteiger partial charge in [0.1, 0.15) is 5.69 Å². The lowest BCUT2D eigenvalue weighted by molar-refractivity contribution is 0.356. The summed E-state index contributed by atoms with van der Waals surface area (Å²) in [6, 6.07) is 3.74. The van der Waals surface area contributed by atoms with Gasteiger partial charge in [-0.25, -0.2) is 0 Å². The molecule has 0 aliphatic carbocycles. The highest BCUT2D eigenvalue weighted by atomic mass is 79.9. The van der Waals surface area contributed by atoms with Gasteiger partial charge in [0.15, 0.2) is 5.76 Å². The standard InChI is InChI=1S/C12H14BrN3O/c1-2-3-10(14)12-5-11(16-17-12)8-4-9(13)7-15-6-8/h4-7,10H,2-3,14H2,1H3. The van der Waals surface area contributed by atoms with Gasteiger partial charge in [0, 0.05) is 28.5 Å². The largest absolute Gasteiger partial charge is 0.359 e. The van der Waals surface area contributed by atoms with E-state index in [1.54, 1.807) is 12.4 Å². The summed E-state index contributed by atoms with van der Waals surface area (Å²) in [7, 11) is 0. The van der Waals surface area contributed by atoms with Crippen LogP contribution in [0.4, 0.5) is 0 Å². The average molecular weight is 296 g/mol. The molecule has 0 aliphatic rings. The minimum absolute atomic E-state index is 0.0821. The molecule has 0 saturated heterocycles. The van der Waals surface area contributed by atoms with Crippen molar-refractivity contribution in [3.63, 3.8) is 0 Å². The zero-order valence-corrected chi connectivity index (χ0v) is 11.1. The molecule has 5 heteroatoms. The highest BCUT2D eigenvalue weighted by Gasteiger charge is 2.13. The van der Waals surface area contributed by atoms with E-state index < -0.39 is 0 Å². The predicted octanol–water partition coefficient (Wildman–Crippen LogP) is 3.30. The number of nitrogens with two attached hydrogens (primary N) is 1. The van der Waals surface area contributed by atoms with Crippen molar-refractivity contribution in [3.05, 3.63) is 34.8 Å². The van der Waals surface area contributed by atoms with Crippen molar-refractivity contribution in [2.75, 3.05) is 0 Å². The predicted molar refractivity (Wildman–Crippen MR) is 69.3 cm³/mol. The molecule has 0 aromatic carbocycles. The Morgan fingerprint density at radius 2 is 2.24 bits per heavy atom. The summed E-state index contributed by atoms with van der Waals surface area (Å²) >= 11 is 3.37. The van der Waals surface area contributed by atoms with E-state index in [0.717, 1.165) is 34.3 Å². The number of rotatable bonds is 4. The number of aromatic nitrogens is 2. The molecule has 2 N–H and O–H groups in total. The van der Waals surface area contributed by atoms with Crippen LogP contribution < -0.4 is 5.73 Å². The normalized spacial score (nSPS) is 12.6. The maximum atomic E-state index is 5.97. The second kappa shape index (κ2) is 5.42. The highest BCUT2D eigenvalue weighted by molar-refractivity contribution is 9.10. The molecule has 0 radical (unpaired) electrons. The van der Waals surface area contributed by atoms with E-state index in [9.17, 15) is 0 Å². The molecule has 0 saturated carbocycles. The second-order valence-corrected chi connectivity index (χ2v) is 4.82. The lowest BCUT2D eigenvalue weighted by Crippen LogP contribution is -2.08. The Morgan fingerprint density at radius 3 is 2.94 bits per heavy atom. The lowest BCUT2D eigenvalue weighted by Gasteiger charge is -2.03. The Morgan fingerprint density at radius 1 is 1.41 bits per heavy atom. The van der Waals surface area contributed by atoms with Gasteiger partial charge in [-0.1, -0.05) is 18.5 Å². The van der Waals surface area contributed by atoms with Crippen molar-refractivity contribution in [2.45, 2.75) is 25.8 Å². The van der Waals surface area contributed by atoms with Crippen molar-refractivity contribution in [1.82, 2.24) is 10.1 Å². The third-order valence-corrected chi connectivity index (χ3v) is 2.93. The average Bonchev–Trinajstić information content (AvgIpc) is 2.78. The fraction of sp³-hybridized carbons (Fsp3) is 0.333. The Kier molecular flexibility index (Phi) is 3.91. The third-order valence-electron chi connectivity index (χ3n) is 2.49. The third kappa shape index (κ3) is 2.92. The fourth-order valence-electron chi connectivity index (χ4n) is 1.61. The van der Waals surface area contributed by atoms with Gasteiger partial charge in [0.25, 0.3) is 0 Å². The van der Waals surface area contributed by atoms with E-state index in [0.29, 0.717) is 0 Å². The summed E-state index contributed by atoms with van der Waals surface area (Å²) in [5.41, 5.74) is 7.65. The van der Waals surface area contributed by atoms with Gasteiger partial charge in [0.2, 0.25) is 0 Å². The van der Waals surface area contributed by atoms with Crippen LogP contribution in [0.25, 0.3) is 11.3 Å². The lowest BCUT2D eigenvalue weighted by atomic mass is 10.1. The van der Waals surface area contributed by atoms with Crippen LogP contribution in [-0.2, 0) is 0 Å². The molecule has 0 bridgehead atoms. The topological polar surface area (TPSA) is 64.9 Å². The van der Waals surface area contributed by atoms with Gasteiger partial charge >= 0.3 is 0 Å². The zero-order valence-electron chi connectivity index (χ0n) is 9.56. The molecule has 4 nitrogen and oxygen atoms in total. The summed E-state index contributed by atoms with van der Waals surface area (Å²) < 4.78 is 6.17. The number of halogens is 1. The first kappa shape index (κ1) is 12.3. The van der Waals surface area contributed by atoms with Crippen LogP contribution in [0, 0.1) is 0 Å². The first-order valence-corrected chi connectivity index (χ1v) is 6.33. The highest BCUT2D eigenvalue weighted by Crippen LogP contribution is 2.24. The zero-order chi connectivity index (χ0) is 12.3. The van der Waals surface area contributed by atoms with Crippen LogP contribution in [0.3, 0.4) is 0 Å². The van der Waals surface area contributed by atoms with Crippen LogP contribution in [-0.4, -0.2) is 10.1 Å². The first-order chi connectivity index (χ1) is 8.20. The molecular weight excluding hydrogens is 282 g/mol. The minimum atomic E-state index is -0.0821. The summed E-state index contributed by atoms with van der Waals surface area (Å²) in [5, 5.41) is 4.02. The molecule has 2 heterocycles. The number of hydrogen-bond donors (Lipinski definition) is 1. The smallest absolute Gasteiger partial charge is 0.154 e. The number of hydrogen-bond acceptors (Lipinski definition) is 4. The SMILES string of the molecule is CCCC(N)c1cc(-c2cncc(Br)c2)no1. The molecule has 2 aromatic rings. The quantitative estimate of drug-likeness (QED) is 0.940. The first-order valence-electron chi connectivity index (χ1n) is 5.54. The van der Waals surface area contributed by atoms with Crippen molar-refractivity contribution in [3.8, 4) is 11.3 Å². The minimum Gasteiger partial charge on any atom is -0.359 e. The summed E-state index contributed by atoms with van der Waals surface area (Å²) in [6.45, 7) is 2.09. The second-order valence-electron chi connectivity index (χ2n) is 3.90. The fourth-order valence-corrected chi connectivity index (χ4v) is 1.97.